The van der Waals surface area contributed by atoms with Crippen LogP contribution in [0.2, 0.25) is 0 Å². The third-order valence-electron chi connectivity index (χ3n) is 3.71. The number of benzene rings is 1. The summed E-state index contributed by atoms with van der Waals surface area (Å²) in [6.45, 7) is 2.41. The molecule has 1 aromatic rings. The molecule has 1 atom stereocenters. The fraction of sp³-hybridized carbons (Fsp3) is 0.429. The Kier molecular flexibility index (Phi) is 4.45. The van der Waals surface area contributed by atoms with Crippen molar-refractivity contribution in [2.45, 2.75) is 25.3 Å². The second-order valence-corrected chi connectivity index (χ2v) is 6.07. The van der Waals surface area contributed by atoms with Gasteiger partial charge in [0.15, 0.2) is 0 Å². The van der Waals surface area contributed by atoms with E-state index in [1.165, 1.54) is 0 Å². The molecule has 1 fully saturated rings. The number of likely N-dealkylation sites (tertiary alicyclic amines) is 1. The lowest BCUT2D eigenvalue weighted by Gasteiger charge is -2.30. The summed E-state index contributed by atoms with van der Waals surface area (Å²) < 4.78 is 0.938. The van der Waals surface area contributed by atoms with Crippen molar-refractivity contribution in [1.29, 1.82) is 0 Å². The van der Waals surface area contributed by atoms with E-state index in [1.807, 2.05) is 12.1 Å². The van der Waals surface area contributed by atoms with Gasteiger partial charge in [0.05, 0.1) is 6.54 Å². The lowest BCUT2D eigenvalue weighted by atomic mass is 9.99. The Morgan fingerprint density at radius 3 is 2.65 bits per heavy atom. The molecule has 2 rings (SSSR count). The van der Waals surface area contributed by atoms with Gasteiger partial charge in [0.25, 0.3) is 0 Å². The monoisotopic (exact) mass is 340 g/mol. The Hall–Kier alpha value is -1.40. The van der Waals surface area contributed by atoms with E-state index in [4.69, 9.17) is 0 Å². The zero-order valence-corrected chi connectivity index (χ0v) is 12.8. The molecule has 1 aliphatic heterocycles. The second kappa shape index (κ2) is 5.93. The number of carbonyl (C=O) groups excluding carboxylic acids is 1. The minimum absolute atomic E-state index is 0.0961. The van der Waals surface area contributed by atoms with Crippen molar-refractivity contribution in [3.8, 4) is 0 Å². The van der Waals surface area contributed by atoms with Gasteiger partial charge in [-0.2, -0.15) is 0 Å². The van der Waals surface area contributed by atoms with Crippen LogP contribution in [-0.4, -0.2) is 40.5 Å². The number of hydrogen-bond acceptors (Lipinski definition) is 3. The van der Waals surface area contributed by atoms with Crippen LogP contribution >= 0.6 is 15.9 Å². The van der Waals surface area contributed by atoms with Crippen molar-refractivity contribution < 1.29 is 14.7 Å². The van der Waals surface area contributed by atoms with Crippen LogP contribution in [0, 0.1) is 0 Å². The van der Waals surface area contributed by atoms with Crippen LogP contribution in [0.3, 0.4) is 0 Å². The van der Waals surface area contributed by atoms with Crippen molar-refractivity contribution in [3.05, 3.63) is 28.7 Å². The summed E-state index contributed by atoms with van der Waals surface area (Å²) in [6.07, 6.45) is 1.38. The van der Waals surface area contributed by atoms with Gasteiger partial charge >= 0.3 is 5.97 Å². The largest absolute Gasteiger partial charge is 0.480 e. The van der Waals surface area contributed by atoms with Crippen molar-refractivity contribution in [1.82, 2.24) is 4.90 Å². The van der Waals surface area contributed by atoms with Crippen LogP contribution in [0.4, 0.5) is 5.69 Å². The van der Waals surface area contributed by atoms with Gasteiger partial charge < -0.3 is 10.4 Å². The van der Waals surface area contributed by atoms with Gasteiger partial charge in [-0.3, -0.25) is 14.5 Å². The highest BCUT2D eigenvalue weighted by Crippen LogP contribution is 2.28. The summed E-state index contributed by atoms with van der Waals surface area (Å²) in [5.74, 6) is -1.06. The van der Waals surface area contributed by atoms with Gasteiger partial charge in [-0.1, -0.05) is 15.9 Å². The van der Waals surface area contributed by atoms with Crippen molar-refractivity contribution in [3.63, 3.8) is 0 Å². The van der Waals surface area contributed by atoms with E-state index in [2.05, 4.69) is 21.2 Å². The zero-order valence-electron chi connectivity index (χ0n) is 11.2. The maximum Gasteiger partial charge on any atom is 0.323 e. The number of hydrogen-bond donors (Lipinski definition) is 2. The quantitative estimate of drug-likeness (QED) is 0.882. The molecule has 1 amide bonds. The predicted octanol–water partition coefficient (Wildman–Crippen LogP) is 2.33. The molecule has 5 nitrogen and oxygen atoms in total. The number of nitrogens with one attached hydrogen (secondary N) is 1. The average Bonchev–Trinajstić information content (AvgIpc) is 2.75. The van der Waals surface area contributed by atoms with E-state index in [9.17, 15) is 14.7 Å². The molecule has 0 bridgehead atoms. The summed E-state index contributed by atoms with van der Waals surface area (Å²) in [5.41, 5.74) is -0.230. The van der Waals surface area contributed by atoms with E-state index >= 15 is 0 Å². The maximum absolute atomic E-state index is 12.0. The first-order valence-corrected chi connectivity index (χ1v) is 7.25. The van der Waals surface area contributed by atoms with Crippen LogP contribution in [0.1, 0.15) is 19.8 Å². The number of rotatable bonds is 4. The third kappa shape index (κ3) is 3.19. The molecular formula is C14H17BrN2O3. The molecule has 1 unspecified atom stereocenters. The van der Waals surface area contributed by atoms with Crippen molar-refractivity contribution in [2.24, 2.45) is 0 Å². The summed E-state index contributed by atoms with van der Waals surface area (Å²) >= 11 is 3.33. The van der Waals surface area contributed by atoms with E-state index in [0.29, 0.717) is 18.7 Å². The number of aliphatic carboxylic acids is 1. The van der Waals surface area contributed by atoms with Gasteiger partial charge in [-0.25, -0.2) is 0 Å². The molecule has 1 heterocycles. The SMILES string of the molecule is CC1(C(=O)O)CCCN1CC(=O)Nc1ccc(Br)cc1. The van der Waals surface area contributed by atoms with Gasteiger partial charge in [0, 0.05) is 10.2 Å². The highest BCUT2D eigenvalue weighted by molar-refractivity contribution is 9.10. The number of carbonyl (C=O) groups is 2. The molecule has 0 spiro atoms. The third-order valence-corrected chi connectivity index (χ3v) is 4.24. The Balaban J connectivity index is 1.98. The fourth-order valence-electron chi connectivity index (χ4n) is 2.42. The van der Waals surface area contributed by atoms with Crippen molar-refractivity contribution in [2.75, 3.05) is 18.4 Å². The first-order chi connectivity index (χ1) is 9.41. The number of carboxylic acids is 1. The van der Waals surface area contributed by atoms with Crippen LogP contribution in [-0.2, 0) is 9.59 Å². The zero-order chi connectivity index (χ0) is 14.8. The minimum Gasteiger partial charge on any atom is -0.480 e. The number of amides is 1. The van der Waals surface area contributed by atoms with Crippen LogP contribution in [0.25, 0.3) is 0 Å². The number of nitrogens with zero attached hydrogens (tertiary/aromatic N) is 1. The Morgan fingerprint density at radius 2 is 2.05 bits per heavy atom. The Bertz CT molecular complexity index is 518. The molecule has 0 radical (unpaired) electrons. The summed E-state index contributed by atoms with van der Waals surface area (Å²) in [6, 6.07) is 7.27. The second-order valence-electron chi connectivity index (χ2n) is 5.16. The molecular weight excluding hydrogens is 324 g/mol. The normalized spacial score (nSPS) is 22.7. The van der Waals surface area contributed by atoms with E-state index in [1.54, 1.807) is 24.0 Å². The van der Waals surface area contributed by atoms with Gasteiger partial charge in [-0.05, 0) is 50.6 Å². The lowest BCUT2D eigenvalue weighted by molar-refractivity contribution is -0.149. The molecule has 108 valence electrons. The topological polar surface area (TPSA) is 69.6 Å². The average molecular weight is 341 g/mol. The molecule has 0 saturated carbocycles. The van der Waals surface area contributed by atoms with E-state index in [-0.39, 0.29) is 12.5 Å². The van der Waals surface area contributed by atoms with Gasteiger partial charge in [0.1, 0.15) is 5.54 Å². The van der Waals surface area contributed by atoms with E-state index < -0.39 is 11.5 Å². The summed E-state index contributed by atoms with van der Waals surface area (Å²) in [7, 11) is 0. The first kappa shape index (κ1) is 15.0. The summed E-state index contributed by atoms with van der Waals surface area (Å²) in [4.78, 5) is 25.1. The first-order valence-electron chi connectivity index (χ1n) is 6.46. The van der Waals surface area contributed by atoms with Gasteiger partial charge in [0.2, 0.25) is 5.91 Å². The molecule has 0 aliphatic carbocycles. The molecule has 20 heavy (non-hydrogen) atoms. The number of carboxylic acid groups (broad SMARTS) is 1. The molecule has 1 saturated heterocycles. The Morgan fingerprint density at radius 1 is 1.40 bits per heavy atom. The highest BCUT2D eigenvalue weighted by Gasteiger charge is 2.43. The van der Waals surface area contributed by atoms with Crippen LogP contribution < -0.4 is 5.32 Å². The lowest BCUT2D eigenvalue weighted by Crippen LogP contribution is -2.50. The fourth-order valence-corrected chi connectivity index (χ4v) is 2.69. The predicted molar refractivity (Wildman–Crippen MR) is 79.6 cm³/mol. The highest BCUT2D eigenvalue weighted by atomic mass is 79.9. The molecule has 0 aromatic heterocycles. The number of halogens is 1. The maximum atomic E-state index is 12.0. The Labute approximate surface area is 126 Å². The molecule has 6 heteroatoms. The standard InChI is InChI=1S/C14H17BrN2O3/c1-14(13(19)20)7-2-8-17(14)9-12(18)16-11-5-3-10(15)4-6-11/h3-6H,2,7-9H2,1H3,(H,16,18)(H,19,20). The molecule has 1 aromatic carbocycles. The van der Waals surface area contributed by atoms with Crippen LogP contribution in [0.5, 0.6) is 0 Å². The van der Waals surface area contributed by atoms with Crippen LogP contribution in [0.15, 0.2) is 28.7 Å². The van der Waals surface area contributed by atoms with Gasteiger partial charge in [-0.15, -0.1) is 0 Å². The smallest absolute Gasteiger partial charge is 0.323 e. The molecule has 1 aliphatic rings. The van der Waals surface area contributed by atoms with E-state index in [0.717, 1.165) is 10.9 Å². The number of anilines is 1. The minimum atomic E-state index is -0.933. The molecule has 2 N–H and O–H groups in total. The summed E-state index contributed by atoms with van der Waals surface area (Å²) in [5, 5.41) is 12.1. The van der Waals surface area contributed by atoms with Crippen molar-refractivity contribution >= 4 is 33.5 Å².